The second-order valence-electron chi connectivity index (χ2n) is 6.43. The van der Waals surface area contributed by atoms with Crippen LogP contribution in [0, 0.1) is 0 Å². The minimum atomic E-state index is -0.673. The van der Waals surface area contributed by atoms with Crippen molar-refractivity contribution in [2.75, 3.05) is 6.61 Å². The van der Waals surface area contributed by atoms with Crippen LogP contribution in [0.1, 0.15) is 56.1 Å². The van der Waals surface area contributed by atoms with Crippen molar-refractivity contribution in [3.8, 4) is 0 Å². The molecule has 2 atom stereocenters. The molecule has 21 heavy (non-hydrogen) atoms. The van der Waals surface area contributed by atoms with Crippen LogP contribution in [0.3, 0.4) is 0 Å². The normalized spacial score (nSPS) is 28.3. The molecule has 2 aliphatic rings. The van der Waals surface area contributed by atoms with Crippen molar-refractivity contribution in [2.24, 2.45) is 0 Å². The van der Waals surface area contributed by atoms with Crippen LogP contribution in [-0.2, 0) is 21.4 Å². The van der Waals surface area contributed by atoms with Crippen LogP contribution in [0.15, 0.2) is 24.3 Å². The number of benzene rings is 1. The first-order valence-corrected chi connectivity index (χ1v) is 8.16. The first-order chi connectivity index (χ1) is 10.2. The zero-order valence-corrected chi connectivity index (χ0v) is 12.5. The van der Waals surface area contributed by atoms with Gasteiger partial charge in [-0.3, -0.25) is 4.79 Å². The van der Waals surface area contributed by atoms with Crippen molar-refractivity contribution in [2.45, 2.75) is 62.9 Å². The molecule has 114 valence electrons. The van der Waals surface area contributed by atoms with Gasteiger partial charge in [0.15, 0.2) is 0 Å². The molecule has 1 saturated heterocycles. The molecule has 1 fully saturated rings. The lowest BCUT2D eigenvalue weighted by molar-refractivity contribution is -0.145. The predicted molar refractivity (Wildman–Crippen MR) is 81.5 cm³/mol. The molecule has 0 amide bonds. The van der Waals surface area contributed by atoms with Gasteiger partial charge in [0.1, 0.15) is 0 Å². The molecule has 0 saturated carbocycles. The summed E-state index contributed by atoms with van der Waals surface area (Å²) in [5.41, 5.74) is 1.60. The highest BCUT2D eigenvalue weighted by Gasteiger charge is 2.42. The number of rotatable bonds is 5. The molecule has 1 aromatic rings. The second kappa shape index (κ2) is 6.18. The van der Waals surface area contributed by atoms with E-state index in [9.17, 15) is 9.90 Å². The summed E-state index contributed by atoms with van der Waals surface area (Å²) in [7, 11) is 0. The molecule has 2 unspecified atom stereocenters. The van der Waals surface area contributed by atoms with E-state index in [0.717, 1.165) is 63.5 Å². The zero-order valence-electron chi connectivity index (χ0n) is 12.5. The molecule has 3 rings (SSSR count). The maximum absolute atomic E-state index is 12.0. The molecule has 0 aromatic heterocycles. The van der Waals surface area contributed by atoms with Gasteiger partial charge in [-0.25, -0.2) is 0 Å². The first kappa shape index (κ1) is 14.6. The summed E-state index contributed by atoms with van der Waals surface area (Å²) >= 11 is 0. The fourth-order valence-corrected chi connectivity index (χ4v) is 4.01. The van der Waals surface area contributed by atoms with E-state index in [1.165, 1.54) is 5.56 Å². The van der Waals surface area contributed by atoms with E-state index in [-0.39, 0.29) is 0 Å². The lowest BCUT2D eigenvalue weighted by Gasteiger charge is -2.36. The summed E-state index contributed by atoms with van der Waals surface area (Å²) in [5, 5.41) is 9.90. The van der Waals surface area contributed by atoms with E-state index in [1.807, 2.05) is 18.2 Å². The van der Waals surface area contributed by atoms with E-state index in [4.69, 9.17) is 4.74 Å². The van der Waals surface area contributed by atoms with Gasteiger partial charge in [-0.05, 0) is 62.5 Å². The van der Waals surface area contributed by atoms with Crippen molar-refractivity contribution < 1.29 is 14.6 Å². The molecule has 1 N–H and O–H groups in total. The summed E-state index contributed by atoms with van der Waals surface area (Å²) in [4.78, 5) is 12.0. The van der Waals surface area contributed by atoms with E-state index in [0.29, 0.717) is 6.10 Å². The SMILES string of the molecule is O=C(O)C1(CCCC2CCCO2)CCCc2ccccc21. The van der Waals surface area contributed by atoms with Crippen molar-refractivity contribution in [3.05, 3.63) is 35.4 Å². The lowest BCUT2D eigenvalue weighted by Crippen LogP contribution is -2.39. The van der Waals surface area contributed by atoms with Crippen molar-refractivity contribution in [1.82, 2.24) is 0 Å². The van der Waals surface area contributed by atoms with Crippen LogP contribution in [0.25, 0.3) is 0 Å². The Hall–Kier alpha value is -1.35. The third-order valence-electron chi connectivity index (χ3n) is 5.15. The van der Waals surface area contributed by atoms with Gasteiger partial charge < -0.3 is 9.84 Å². The fraction of sp³-hybridized carbons (Fsp3) is 0.611. The van der Waals surface area contributed by atoms with E-state index in [2.05, 4.69) is 6.07 Å². The summed E-state index contributed by atoms with van der Waals surface area (Å²) in [6, 6.07) is 8.10. The molecule has 1 aliphatic heterocycles. The largest absolute Gasteiger partial charge is 0.481 e. The van der Waals surface area contributed by atoms with Gasteiger partial charge in [-0.2, -0.15) is 0 Å². The minimum absolute atomic E-state index is 0.356. The van der Waals surface area contributed by atoms with Crippen LogP contribution in [-0.4, -0.2) is 23.8 Å². The molecule has 0 spiro atoms. The molecule has 3 heteroatoms. The number of hydrogen-bond donors (Lipinski definition) is 1. The maximum atomic E-state index is 12.0. The molecule has 1 aromatic carbocycles. The van der Waals surface area contributed by atoms with Gasteiger partial charge in [-0.15, -0.1) is 0 Å². The van der Waals surface area contributed by atoms with Crippen LogP contribution in [0.5, 0.6) is 0 Å². The highest BCUT2D eigenvalue weighted by Crippen LogP contribution is 2.41. The number of hydrogen-bond acceptors (Lipinski definition) is 2. The Morgan fingerprint density at radius 3 is 2.95 bits per heavy atom. The van der Waals surface area contributed by atoms with Crippen LogP contribution in [0.2, 0.25) is 0 Å². The summed E-state index contributed by atoms with van der Waals surface area (Å²) in [6.07, 6.45) is 8.07. The average Bonchev–Trinajstić information content (AvgIpc) is 3.00. The number of fused-ring (bicyclic) bond motifs is 1. The number of carboxylic acids is 1. The quantitative estimate of drug-likeness (QED) is 0.898. The molecule has 1 heterocycles. The minimum Gasteiger partial charge on any atom is -0.481 e. The van der Waals surface area contributed by atoms with Crippen molar-refractivity contribution >= 4 is 5.97 Å². The van der Waals surface area contributed by atoms with Crippen LogP contribution < -0.4 is 0 Å². The smallest absolute Gasteiger partial charge is 0.314 e. The Morgan fingerprint density at radius 2 is 2.19 bits per heavy atom. The summed E-state index contributed by atoms with van der Waals surface area (Å²) < 4.78 is 5.66. The first-order valence-electron chi connectivity index (χ1n) is 8.16. The predicted octanol–water partition coefficient (Wildman–Crippen LogP) is 3.69. The highest BCUT2D eigenvalue weighted by atomic mass is 16.5. The number of carboxylic acid groups (broad SMARTS) is 1. The lowest BCUT2D eigenvalue weighted by atomic mass is 9.67. The molecular weight excluding hydrogens is 264 g/mol. The Balaban J connectivity index is 1.75. The van der Waals surface area contributed by atoms with Gasteiger partial charge in [0, 0.05) is 6.61 Å². The molecular formula is C18H24O3. The van der Waals surface area contributed by atoms with E-state index in [1.54, 1.807) is 0 Å². The van der Waals surface area contributed by atoms with Gasteiger partial charge in [-0.1, -0.05) is 24.3 Å². The fourth-order valence-electron chi connectivity index (χ4n) is 4.01. The van der Waals surface area contributed by atoms with Gasteiger partial charge in [0.2, 0.25) is 0 Å². The third kappa shape index (κ3) is 2.84. The summed E-state index contributed by atoms with van der Waals surface area (Å²) in [5.74, 6) is -0.651. The monoisotopic (exact) mass is 288 g/mol. The van der Waals surface area contributed by atoms with Gasteiger partial charge >= 0.3 is 5.97 Å². The Morgan fingerprint density at radius 1 is 1.33 bits per heavy atom. The highest BCUT2D eigenvalue weighted by molar-refractivity contribution is 5.82. The Labute approximate surface area is 126 Å². The standard InChI is InChI=1S/C18H24O3/c19-17(20)18(12-4-8-15-9-5-13-21-15)11-3-7-14-6-1-2-10-16(14)18/h1-2,6,10,15H,3-5,7-9,11-13H2,(H,19,20). The van der Waals surface area contributed by atoms with E-state index >= 15 is 0 Å². The molecule has 3 nitrogen and oxygen atoms in total. The van der Waals surface area contributed by atoms with Crippen molar-refractivity contribution in [1.29, 1.82) is 0 Å². The zero-order chi connectivity index (χ0) is 14.7. The number of ether oxygens (including phenoxy) is 1. The molecule has 1 aliphatic carbocycles. The molecule has 0 bridgehead atoms. The number of carbonyl (C=O) groups is 1. The average molecular weight is 288 g/mol. The third-order valence-corrected chi connectivity index (χ3v) is 5.15. The maximum Gasteiger partial charge on any atom is 0.314 e. The Kier molecular flexibility index (Phi) is 4.29. The van der Waals surface area contributed by atoms with Crippen molar-refractivity contribution in [3.63, 3.8) is 0 Å². The Bertz CT molecular complexity index is 505. The topological polar surface area (TPSA) is 46.5 Å². The second-order valence-corrected chi connectivity index (χ2v) is 6.43. The van der Waals surface area contributed by atoms with Crippen LogP contribution in [0.4, 0.5) is 0 Å². The summed E-state index contributed by atoms with van der Waals surface area (Å²) in [6.45, 7) is 0.873. The number of aryl methyl sites for hydroxylation is 1. The van der Waals surface area contributed by atoms with Gasteiger partial charge in [0.25, 0.3) is 0 Å². The van der Waals surface area contributed by atoms with Crippen LogP contribution >= 0.6 is 0 Å². The van der Waals surface area contributed by atoms with Gasteiger partial charge in [0.05, 0.1) is 11.5 Å². The van der Waals surface area contributed by atoms with E-state index < -0.39 is 11.4 Å². The molecule has 0 radical (unpaired) electrons. The number of aliphatic carboxylic acids is 1.